The summed E-state index contributed by atoms with van der Waals surface area (Å²) in [5.74, 6) is -0.0794. The lowest BCUT2D eigenvalue weighted by molar-refractivity contribution is 0.0934. The van der Waals surface area contributed by atoms with Gasteiger partial charge in [0.05, 0.1) is 28.5 Å². The van der Waals surface area contributed by atoms with E-state index in [2.05, 4.69) is 34.3 Å². The zero-order valence-corrected chi connectivity index (χ0v) is 14.9. The molecule has 3 rings (SSSR count). The standard InChI is InChI=1S/C21H23N3O/c1-4-8-18(16-9-6-5-7-10-16)24-21(25)17-11-12-19-20(13-17)23-15(3)14(2)22-19/h5-7,9-13,18H,4,8H2,1-3H3,(H,24,25). The van der Waals surface area contributed by atoms with Gasteiger partial charge in [0.2, 0.25) is 0 Å². The quantitative estimate of drug-likeness (QED) is 0.747. The average molecular weight is 333 g/mol. The summed E-state index contributed by atoms with van der Waals surface area (Å²) >= 11 is 0. The van der Waals surface area contributed by atoms with Crippen LogP contribution in [0.2, 0.25) is 0 Å². The van der Waals surface area contributed by atoms with Gasteiger partial charge in [-0.25, -0.2) is 9.97 Å². The molecule has 4 heteroatoms. The van der Waals surface area contributed by atoms with E-state index in [1.165, 1.54) is 0 Å². The molecule has 0 bridgehead atoms. The molecule has 0 aliphatic rings. The van der Waals surface area contributed by atoms with Crippen molar-refractivity contribution in [2.75, 3.05) is 0 Å². The van der Waals surface area contributed by atoms with Crippen LogP contribution in [-0.2, 0) is 0 Å². The molecule has 128 valence electrons. The van der Waals surface area contributed by atoms with E-state index in [-0.39, 0.29) is 11.9 Å². The zero-order chi connectivity index (χ0) is 17.8. The van der Waals surface area contributed by atoms with Gasteiger partial charge in [0.15, 0.2) is 0 Å². The van der Waals surface area contributed by atoms with E-state index in [1.807, 2.05) is 50.2 Å². The van der Waals surface area contributed by atoms with Gasteiger partial charge in [0.1, 0.15) is 0 Å². The molecule has 1 heterocycles. The number of carbonyl (C=O) groups excluding carboxylic acids is 1. The average Bonchev–Trinajstić information content (AvgIpc) is 2.62. The van der Waals surface area contributed by atoms with Crippen molar-refractivity contribution in [1.82, 2.24) is 15.3 Å². The summed E-state index contributed by atoms with van der Waals surface area (Å²) < 4.78 is 0. The molecule has 0 aliphatic heterocycles. The molecule has 1 amide bonds. The van der Waals surface area contributed by atoms with Crippen molar-refractivity contribution >= 4 is 16.9 Å². The molecule has 25 heavy (non-hydrogen) atoms. The summed E-state index contributed by atoms with van der Waals surface area (Å²) in [5, 5.41) is 3.15. The van der Waals surface area contributed by atoms with Crippen molar-refractivity contribution in [1.29, 1.82) is 0 Å². The van der Waals surface area contributed by atoms with Crippen LogP contribution >= 0.6 is 0 Å². The van der Waals surface area contributed by atoms with E-state index in [1.54, 1.807) is 0 Å². The van der Waals surface area contributed by atoms with Crippen molar-refractivity contribution in [3.63, 3.8) is 0 Å². The molecular formula is C21H23N3O. The fourth-order valence-corrected chi connectivity index (χ4v) is 2.91. The van der Waals surface area contributed by atoms with Gasteiger partial charge < -0.3 is 5.32 Å². The Morgan fingerprint density at radius 2 is 1.68 bits per heavy atom. The molecule has 0 saturated heterocycles. The predicted molar refractivity (Wildman–Crippen MR) is 101 cm³/mol. The van der Waals surface area contributed by atoms with Crippen molar-refractivity contribution in [3.05, 3.63) is 71.0 Å². The van der Waals surface area contributed by atoms with Crippen LogP contribution in [0, 0.1) is 13.8 Å². The van der Waals surface area contributed by atoms with Gasteiger partial charge in [0, 0.05) is 5.56 Å². The predicted octanol–water partition coefficient (Wildman–Crippen LogP) is 4.52. The molecule has 4 nitrogen and oxygen atoms in total. The Morgan fingerprint density at radius 3 is 2.36 bits per heavy atom. The molecule has 0 fully saturated rings. The van der Waals surface area contributed by atoms with Crippen molar-refractivity contribution < 1.29 is 4.79 Å². The number of benzene rings is 2. The van der Waals surface area contributed by atoms with E-state index in [4.69, 9.17) is 0 Å². The number of nitrogens with one attached hydrogen (secondary N) is 1. The monoisotopic (exact) mass is 333 g/mol. The summed E-state index contributed by atoms with van der Waals surface area (Å²) in [6.07, 6.45) is 1.91. The maximum atomic E-state index is 12.7. The Balaban J connectivity index is 1.86. The number of fused-ring (bicyclic) bond motifs is 1. The first-order chi connectivity index (χ1) is 12.1. The molecule has 1 atom stereocenters. The van der Waals surface area contributed by atoms with Gasteiger partial charge in [-0.15, -0.1) is 0 Å². The summed E-state index contributed by atoms with van der Waals surface area (Å²) in [7, 11) is 0. The summed E-state index contributed by atoms with van der Waals surface area (Å²) in [6, 6.07) is 15.6. The first kappa shape index (κ1) is 17.1. The third-order valence-electron chi connectivity index (χ3n) is 4.42. The molecule has 0 saturated carbocycles. The van der Waals surface area contributed by atoms with Gasteiger partial charge >= 0.3 is 0 Å². The van der Waals surface area contributed by atoms with Crippen molar-refractivity contribution in [2.24, 2.45) is 0 Å². The third-order valence-corrected chi connectivity index (χ3v) is 4.42. The molecule has 0 aliphatic carbocycles. The first-order valence-corrected chi connectivity index (χ1v) is 8.69. The highest BCUT2D eigenvalue weighted by atomic mass is 16.1. The molecule has 2 aromatic carbocycles. The van der Waals surface area contributed by atoms with Crippen molar-refractivity contribution in [3.8, 4) is 0 Å². The number of aromatic nitrogens is 2. The van der Waals surface area contributed by atoms with Crippen LogP contribution in [0.1, 0.15) is 53.1 Å². The fourth-order valence-electron chi connectivity index (χ4n) is 2.91. The minimum atomic E-state index is -0.0794. The number of aryl methyl sites for hydroxylation is 2. The lowest BCUT2D eigenvalue weighted by Gasteiger charge is -2.19. The summed E-state index contributed by atoms with van der Waals surface area (Å²) in [6.45, 7) is 6.00. The fraction of sp³-hybridized carbons (Fsp3) is 0.286. The van der Waals surface area contributed by atoms with E-state index < -0.39 is 0 Å². The minimum absolute atomic E-state index is 0.0141. The Kier molecular flexibility index (Phi) is 5.08. The van der Waals surface area contributed by atoms with Crippen molar-refractivity contribution in [2.45, 2.75) is 39.7 Å². The van der Waals surface area contributed by atoms with Crippen LogP contribution in [0.25, 0.3) is 11.0 Å². The van der Waals surface area contributed by atoms with E-state index in [0.29, 0.717) is 5.56 Å². The Morgan fingerprint density at radius 1 is 1.00 bits per heavy atom. The number of nitrogens with zero attached hydrogens (tertiary/aromatic N) is 2. The van der Waals surface area contributed by atoms with Gasteiger partial charge in [0.25, 0.3) is 5.91 Å². The van der Waals surface area contributed by atoms with Crippen LogP contribution in [0.3, 0.4) is 0 Å². The Labute approximate surface area is 148 Å². The number of rotatable bonds is 5. The topological polar surface area (TPSA) is 54.9 Å². The van der Waals surface area contributed by atoms with E-state index >= 15 is 0 Å². The molecule has 0 radical (unpaired) electrons. The highest BCUT2D eigenvalue weighted by Gasteiger charge is 2.15. The summed E-state index contributed by atoms with van der Waals surface area (Å²) in [4.78, 5) is 21.8. The highest BCUT2D eigenvalue weighted by molar-refractivity contribution is 5.97. The third kappa shape index (κ3) is 3.85. The SMILES string of the molecule is CCCC(NC(=O)c1ccc2nc(C)c(C)nc2c1)c1ccccc1. The molecule has 3 aromatic rings. The largest absolute Gasteiger partial charge is 0.345 e. The molecule has 0 spiro atoms. The number of hydrogen-bond acceptors (Lipinski definition) is 3. The van der Waals surface area contributed by atoms with E-state index in [9.17, 15) is 4.79 Å². The number of carbonyl (C=O) groups is 1. The van der Waals surface area contributed by atoms with Gasteiger partial charge in [-0.05, 0) is 44.0 Å². The maximum Gasteiger partial charge on any atom is 0.251 e. The van der Waals surface area contributed by atoms with Gasteiger partial charge in [-0.1, -0.05) is 43.7 Å². The lowest BCUT2D eigenvalue weighted by atomic mass is 10.0. The van der Waals surface area contributed by atoms with Crippen LogP contribution in [0.15, 0.2) is 48.5 Å². The molecular weight excluding hydrogens is 310 g/mol. The number of amides is 1. The molecule has 1 N–H and O–H groups in total. The van der Waals surface area contributed by atoms with E-state index in [0.717, 1.165) is 40.8 Å². The second kappa shape index (κ2) is 7.43. The maximum absolute atomic E-state index is 12.7. The van der Waals surface area contributed by atoms with Gasteiger partial charge in [-0.3, -0.25) is 4.79 Å². The normalized spacial score (nSPS) is 12.1. The van der Waals surface area contributed by atoms with Gasteiger partial charge in [-0.2, -0.15) is 0 Å². The minimum Gasteiger partial charge on any atom is -0.345 e. The molecule has 1 aromatic heterocycles. The Hall–Kier alpha value is -2.75. The van der Waals surface area contributed by atoms with Crippen LogP contribution < -0.4 is 5.32 Å². The lowest BCUT2D eigenvalue weighted by Crippen LogP contribution is -2.28. The summed E-state index contributed by atoms with van der Waals surface area (Å²) in [5.41, 5.74) is 5.11. The first-order valence-electron chi connectivity index (χ1n) is 8.69. The molecule has 1 unspecified atom stereocenters. The smallest absolute Gasteiger partial charge is 0.251 e. The second-order valence-electron chi connectivity index (χ2n) is 6.32. The number of hydrogen-bond donors (Lipinski definition) is 1. The Bertz CT molecular complexity index is 890. The zero-order valence-electron chi connectivity index (χ0n) is 14.9. The van der Waals surface area contributed by atoms with Crippen LogP contribution in [0.4, 0.5) is 0 Å². The second-order valence-corrected chi connectivity index (χ2v) is 6.32. The van der Waals surface area contributed by atoms with Crippen LogP contribution in [-0.4, -0.2) is 15.9 Å². The highest BCUT2D eigenvalue weighted by Crippen LogP contribution is 2.20. The van der Waals surface area contributed by atoms with Crippen LogP contribution in [0.5, 0.6) is 0 Å².